The number of halogens is 1. The number of ether oxygens (including phenoxy) is 1. The van der Waals surface area contributed by atoms with Crippen LogP contribution in [0.2, 0.25) is 5.02 Å². The molecule has 1 aromatic heterocycles. The number of nitrogens with one attached hydrogen (secondary N) is 1. The van der Waals surface area contributed by atoms with Crippen LogP contribution in [0.15, 0.2) is 48.5 Å². The van der Waals surface area contributed by atoms with Gasteiger partial charge in [-0.3, -0.25) is 9.59 Å². The van der Waals surface area contributed by atoms with Gasteiger partial charge in [0, 0.05) is 11.4 Å². The summed E-state index contributed by atoms with van der Waals surface area (Å²) in [6.45, 7) is 1.58. The maximum Gasteiger partial charge on any atom is 0.306 e. The lowest BCUT2D eigenvalue weighted by Crippen LogP contribution is -2.31. The number of amides is 1. The SMILES string of the molecule is C[C@H](NC(=O)COC(=O)CCCc1nc2ccccc2s1)c1ccc(Cl)cc1. The maximum absolute atomic E-state index is 12.0. The number of aryl methyl sites for hydroxylation is 1. The van der Waals surface area contributed by atoms with Gasteiger partial charge in [-0.15, -0.1) is 11.3 Å². The number of carbonyl (C=O) groups excluding carboxylic acids is 2. The second kappa shape index (κ2) is 9.66. The number of rotatable bonds is 8. The van der Waals surface area contributed by atoms with Gasteiger partial charge in [-0.05, 0) is 49.6 Å². The Hall–Kier alpha value is -2.44. The van der Waals surface area contributed by atoms with E-state index in [2.05, 4.69) is 10.3 Å². The van der Waals surface area contributed by atoms with E-state index in [9.17, 15) is 9.59 Å². The number of hydrogen-bond acceptors (Lipinski definition) is 5. The van der Waals surface area contributed by atoms with Gasteiger partial charge in [0.2, 0.25) is 0 Å². The molecule has 28 heavy (non-hydrogen) atoms. The van der Waals surface area contributed by atoms with Crippen LogP contribution in [-0.4, -0.2) is 23.5 Å². The van der Waals surface area contributed by atoms with E-state index in [0.29, 0.717) is 17.9 Å². The van der Waals surface area contributed by atoms with E-state index in [-0.39, 0.29) is 30.9 Å². The number of fused-ring (bicyclic) bond motifs is 1. The predicted octanol–water partition coefficient (Wildman–Crippen LogP) is 4.69. The van der Waals surface area contributed by atoms with Gasteiger partial charge in [-0.1, -0.05) is 35.9 Å². The van der Waals surface area contributed by atoms with Crippen molar-refractivity contribution in [2.45, 2.75) is 32.2 Å². The summed E-state index contributed by atoms with van der Waals surface area (Å²) in [5.41, 5.74) is 1.91. The Balaban J connectivity index is 1.36. The Kier molecular flexibility index (Phi) is 7.01. The highest BCUT2D eigenvalue weighted by Gasteiger charge is 2.12. The lowest BCUT2D eigenvalue weighted by molar-refractivity contribution is -0.148. The molecule has 0 saturated carbocycles. The Bertz CT molecular complexity index is 923. The number of esters is 1. The average Bonchev–Trinajstić information content (AvgIpc) is 3.09. The van der Waals surface area contributed by atoms with Crippen LogP contribution >= 0.6 is 22.9 Å². The molecule has 2 aromatic carbocycles. The van der Waals surface area contributed by atoms with E-state index in [1.807, 2.05) is 43.3 Å². The molecule has 7 heteroatoms. The number of para-hydroxylation sites is 1. The molecule has 0 bridgehead atoms. The van der Waals surface area contributed by atoms with Gasteiger partial charge in [0.25, 0.3) is 5.91 Å². The minimum Gasteiger partial charge on any atom is -0.456 e. The van der Waals surface area contributed by atoms with Crippen LogP contribution in [-0.2, 0) is 20.7 Å². The Morgan fingerprint density at radius 1 is 1.18 bits per heavy atom. The largest absolute Gasteiger partial charge is 0.456 e. The molecule has 0 unspecified atom stereocenters. The van der Waals surface area contributed by atoms with Gasteiger partial charge in [0.1, 0.15) is 0 Å². The van der Waals surface area contributed by atoms with Crippen molar-refractivity contribution < 1.29 is 14.3 Å². The molecule has 5 nitrogen and oxygen atoms in total. The zero-order valence-corrected chi connectivity index (χ0v) is 17.1. The molecule has 3 aromatic rings. The van der Waals surface area contributed by atoms with Gasteiger partial charge >= 0.3 is 5.97 Å². The first-order valence-electron chi connectivity index (χ1n) is 9.06. The average molecular weight is 417 g/mol. The fraction of sp³-hybridized carbons (Fsp3) is 0.286. The normalized spacial score (nSPS) is 11.9. The monoisotopic (exact) mass is 416 g/mol. The fourth-order valence-electron chi connectivity index (χ4n) is 2.75. The molecule has 0 aliphatic rings. The van der Waals surface area contributed by atoms with E-state index in [0.717, 1.165) is 20.8 Å². The van der Waals surface area contributed by atoms with Crippen molar-refractivity contribution in [1.29, 1.82) is 0 Å². The first-order chi connectivity index (χ1) is 13.5. The topological polar surface area (TPSA) is 68.3 Å². The van der Waals surface area contributed by atoms with Gasteiger partial charge < -0.3 is 10.1 Å². The van der Waals surface area contributed by atoms with E-state index in [1.165, 1.54) is 0 Å². The molecule has 0 radical (unpaired) electrons. The molecule has 0 aliphatic carbocycles. The number of nitrogens with zero attached hydrogens (tertiary/aromatic N) is 1. The van der Waals surface area contributed by atoms with Crippen LogP contribution < -0.4 is 5.32 Å². The minimum atomic E-state index is -0.379. The zero-order chi connectivity index (χ0) is 19.9. The molecule has 146 valence electrons. The predicted molar refractivity (Wildman–Crippen MR) is 112 cm³/mol. The summed E-state index contributed by atoms with van der Waals surface area (Å²) in [4.78, 5) is 28.4. The highest BCUT2D eigenvalue weighted by molar-refractivity contribution is 7.18. The van der Waals surface area contributed by atoms with Crippen LogP contribution in [0.5, 0.6) is 0 Å². The summed E-state index contributed by atoms with van der Waals surface area (Å²) >= 11 is 7.50. The zero-order valence-electron chi connectivity index (χ0n) is 15.5. The van der Waals surface area contributed by atoms with Crippen molar-refractivity contribution in [2.75, 3.05) is 6.61 Å². The molecular weight excluding hydrogens is 396 g/mol. The summed E-state index contributed by atoms with van der Waals surface area (Å²) in [6.07, 6.45) is 1.62. The summed E-state index contributed by atoms with van der Waals surface area (Å²) in [5.74, 6) is -0.711. The third-order valence-corrected chi connectivity index (χ3v) is 5.57. The number of benzene rings is 2. The Labute approximate surface area is 172 Å². The van der Waals surface area contributed by atoms with Crippen LogP contribution in [0.3, 0.4) is 0 Å². The van der Waals surface area contributed by atoms with Crippen molar-refractivity contribution in [1.82, 2.24) is 10.3 Å². The molecular formula is C21H21ClN2O3S. The molecule has 0 saturated heterocycles. The van der Waals surface area contributed by atoms with Gasteiger partial charge in [0.05, 0.1) is 21.3 Å². The quantitative estimate of drug-likeness (QED) is 0.541. The van der Waals surface area contributed by atoms with E-state index in [4.69, 9.17) is 16.3 Å². The smallest absolute Gasteiger partial charge is 0.306 e. The maximum atomic E-state index is 12.0. The molecule has 1 N–H and O–H groups in total. The Morgan fingerprint density at radius 3 is 2.68 bits per heavy atom. The Morgan fingerprint density at radius 2 is 1.93 bits per heavy atom. The molecule has 3 rings (SSSR count). The highest BCUT2D eigenvalue weighted by atomic mass is 35.5. The summed E-state index contributed by atoms with van der Waals surface area (Å²) in [5, 5.41) is 4.44. The number of aromatic nitrogens is 1. The molecule has 1 amide bonds. The number of carbonyl (C=O) groups is 2. The van der Waals surface area contributed by atoms with Gasteiger partial charge in [-0.25, -0.2) is 4.98 Å². The molecule has 1 heterocycles. The van der Waals surface area contributed by atoms with Crippen LogP contribution in [0.1, 0.15) is 36.4 Å². The minimum absolute atomic E-state index is 0.192. The third-order valence-electron chi connectivity index (χ3n) is 4.22. The molecule has 0 fully saturated rings. The second-order valence-corrected chi connectivity index (χ2v) is 7.98. The van der Waals surface area contributed by atoms with E-state index < -0.39 is 0 Å². The van der Waals surface area contributed by atoms with Gasteiger partial charge in [-0.2, -0.15) is 0 Å². The van der Waals surface area contributed by atoms with Crippen LogP contribution in [0.4, 0.5) is 0 Å². The third kappa shape index (κ3) is 5.78. The van der Waals surface area contributed by atoms with E-state index in [1.54, 1.807) is 23.5 Å². The fourth-order valence-corrected chi connectivity index (χ4v) is 3.88. The molecule has 0 spiro atoms. The van der Waals surface area contributed by atoms with E-state index >= 15 is 0 Å². The van der Waals surface area contributed by atoms with Gasteiger partial charge in [0.15, 0.2) is 6.61 Å². The first-order valence-corrected chi connectivity index (χ1v) is 10.3. The summed E-state index contributed by atoms with van der Waals surface area (Å²) in [7, 11) is 0. The van der Waals surface area contributed by atoms with Crippen LogP contribution in [0, 0.1) is 0 Å². The molecule has 1 atom stereocenters. The van der Waals surface area contributed by atoms with Crippen molar-refractivity contribution >= 4 is 45.0 Å². The van der Waals surface area contributed by atoms with Crippen molar-refractivity contribution in [3.05, 3.63) is 64.1 Å². The summed E-state index contributed by atoms with van der Waals surface area (Å²) in [6, 6.07) is 15.0. The van der Waals surface area contributed by atoms with Crippen LogP contribution in [0.25, 0.3) is 10.2 Å². The summed E-state index contributed by atoms with van der Waals surface area (Å²) < 4.78 is 6.21. The number of thiazole rings is 1. The lowest BCUT2D eigenvalue weighted by Gasteiger charge is -2.14. The lowest BCUT2D eigenvalue weighted by atomic mass is 10.1. The highest BCUT2D eigenvalue weighted by Crippen LogP contribution is 2.22. The molecule has 0 aliphatic heterocycles. The number of hydrogen-bond donors (Lipinski definition) is 1. The van der Waals surface area contributed by atoms with Crippen molar-refractivity contribution in [2.24, 2.45) is 0 Å². The van der Waals surface area contributed by atoms with Crippen molar-refractivity contribution in [3.8, 4) is 0 Å². The van der Waals surface area contributed by atoms with Crippen molar-refractivity contribution in [3.63, 3.8) is 0 Å². The standard InChI is InChI=1S/C21H21ClN2O3S/c1-14(15-9-11-16(22)12-10-15)23-19(25)13-27-21(26)8-4-7-20-24-17-5-2-3-6-18(17)28-20/h2-3,5-6,9-12,14H,4,7-8,13H2,1H3,(H,23,25)/t14-/m0/s1. The second-order valence-electron chi connectivity index (χ2n) is 6.43. The first kappa shape index (κ1) is 20.3.